The number of hydrogen-bond acceptors (Lipinski definition) is 5. The van der Waals surface area contributed by atoms with Crippen molar-refractivity contribution in [2.45, 2.75) is 39.5 Å². The Morgan fingerprint density at radius 2 is 2.09 bits per heavy atom. The molecule has 0 unspecified atom stereocenters. The molecule has 1 aromatic carbocycles. The number of ether oxygens (including phenoxy) is 1. The van der Waals surface area contributed by atoms with Crippen molar-refractivity contribution in [3.05, 3.63) is 29.2 Å². The lowest BCUT2D eigenvalue weighted by atomic mass is 10.00. The van der Waals surface area contributed by atoms with Crippen molar-refractivity contribution >= 4 is 0 Å². The van der Waals surface area contributed by atoms with Crippen LogP contribution in [0.5, 0.6) is 5.75 Å². The Morgan fingerprint density at radius 3 is 2.73 bits per heavy atom. The van der Waals surface area contributed by atoms with E-state index in [1.807, 2.05) is 20.8 Å². The lowest BCUT2D eigenvalue weighted by Gasteiger charge is -2.18. The van der Waals surface area contributed by atoms with Gasteiger partial charge in [-0.2, -0.15) is 4.98 Å². The lowest BCUT2D eigenvalue weighted by molar-refractivity contribution is 0.322. The third-order valence-electron chi connectivity index (χ3n) is 4.10. The van der Waals surface area contributed by atoms with Gasteiger partial charge in [-0.3, -0.25) is 0 Å². The molecule has 1 N–H and O–H groups in total. The van der Waals surface area contributed by atoms with Crippen molar-refractivity contribution in [2.75, 3.05) is 19.7 Å². The predicted molar refractivity (Wildman–Crippen MR) is 85.2 cm³/mol. The van der Waals surface area contributed by atoms with Crippen LogP contribution in [0.15, 0.2) is 16.7 Å². The number of rotatable bonds is 4. The molecule has 0 radical (unpaired) electrons. The quantitative estimate of drug-likeness (QED) is 0.939. The summed E-state index contributed by atoms with van der Waals surface area (Å²) in [6, 6.07) is 4.12. The molecular formula is C17H23N3O2. The SMILES string of the molecule is CCOc1c(C)cc(-c2noc([C@H]3CCCNC3)n2)cc1C. The van der Waals surface area contributed by atoms with E-state index in [-0.39, 0.29) is 0 Å². The molecule has 2 aromatic rings. The molecule has 1 atom stereocenters. The molecule has 22 heavy (non-hydrogen) atoms. The second-order valence-corrected chi connectivity index (χ2v) is 5.87. The van der Waals surface area contributed by atoms with Crippen molar-refractivity contribution < 1.29 is 9.26 Å². The molecule has 0 amide bonds. The van der Waals surface area contributed by atoms with Gasteiger partial charge in [0.2, 0.25) is 11.7 Å². The summed E-state index contributed by atoms with van der Waals surface area (Å²) < 4.78 is 11.2. The van der Waals surface area contributed by atoms with Crippen LogP contribution in [0.3, 0.4) is 0 Å². The van der Waals surface area contributed by atoms with Gasteiger partial charge in [0.15, 0.2) is 0 Å². The molecule has 1 fully saturated rings. The summed E-state index contributed by atoms with van der Waals surface area (Å²) in [4.78, 5) is 4.60. The number of benzene rings is 1. The predicted octanol–water partition coefficient (Wildman–Crippen LogP) is 3.22. The fourth-order valence-electron chi connectivity index (χ4n) is 3.03. The second kappa shape index (κ2) is 6.48. The molecule has 0 saturated carbocycles. The van der Waals surface area contributed by atoms with Crippen LogP contribution in [0, 0.1) is 13.8 Å². The minimum Gasteiger partial charge on any atom is -0.493 e. The first kappa shape index (κ1) is 15.0. The van der Waals surface area contributed by atoms with E-state index in [9.17, 15) is 0 Å². The van der Waals surface area contributed by atoms with E-state index in [0.717, 1.165) is 54.3 Å². The molecule has 1 aliphatic heterocycles. The van der Waals surface area contributed by atoms with Crippen LogP contribution in [0.25, 0.3) is 11.4 Å². The Hall–Kier alpha value is -1.88. The number of aromatic nitrogens is 2. The average Bonchev–Trinajstić information content (AvgIpc) is 3.01. The van der Waals surface area contributed by atoms with E-state index < -0.39 is 0 Å². The first-order valence-electron chi connectivity index (χ1n) is 7.97. The molecule has 0 spiro atoms. The highest BCUT2D eigenvalue weighted by Crippen LogP contribution is 2.30. The molecule has 5 heteroatoms. The summed E-state index contributed by atoms with van der Waals surface area (Å²) in [6.07, 6.45) is 2.26. The van der Waals surface area contributed by atoms with E-state index in [0.29, 0.717) is 18.3 Å². The van der Waals surface area contributed by atoms with E-state index in [2.05, 4.69) is 27.6 Å². The van der Waals surface area contributed by atoms with Crippen molar-refractivity contribution in [2.24, 2.45) is 0 Å². The molecular weight excluding hydrogens is 278 g/mol. The van der Waals surface area contributed by atoms with Crippen LogP contribution in [0.2, 0.25) is 0 Å². The largest absolute Gasteiger partial charge is 0.493 e. The third-order valence-corrected chi connectivity index (χ3v) is 4.10. The zero-order valence-electron chi connectivity index (χ0n) is 13.5. The topological polar surface area (TPSA) is 60.2 Å². The van der Waals surface area contributed by atoms with E-state index >= 15 is 0 Å². The van der Waals surface area contributed by atoms with Crippen LogP contribution < -0.4 is 10.1 Å². The monoisotopic (exact) mass is 301 g/mol. The maximum Gasteiger partial charge on any atom is 0.231 e. The van der Waals surface area contributed by atoms with Crippen LogP contribution in [-0.2, 0) is 0 Å². The zero-order chi connectivity index (χ0) is 15.5. The normalized spacial score (nSPS) is 18.4. The molecule has 2 heterocycles. The molecule has 118 valence electrons. The molecule has 1 saturated heterocycles. The highest BCUT2D eigenvalue weighted by atomic mass is 16.5. The van der Waals surface area contributed by atoms with Crippen LogP contribution in [0.1, 0.15) is 42.7 Å². The van der Waals surface area contributed by atoms with Crippen LogP contribution >= 0.6 is 0 Å². The van der Waals surface area contributed by atoms with E-state index in [4.69, 9.17) is 9.26 Å². The summed E-state index contributed by atoms with van der Waals surface area (Å²) in [6.45, 7) is 8.76. The fraction of sp³-hybridized carbons (Fsp3) is 0.529. The maximum absolute atomic E-state index is 5.69. The van der Waals surface area contributed by atoms with Crippen LogP contribution in [0.4, 0.5) is 0 Å². The van der Waals surface area contributed by atoms with Gasteiger partial charge in [-0.15, -0.1) is 0 Å². The van der Waals surface area contributed by atoms with E-state index in [1.165, 1.54) is 0 Å². The summed E-state index contributed by atoms with van der Waals surface area (Å²) in [7, 11) is 0. The first-order chi connectivity index (χ1) is 10.7. The molecule has 0 bridgehead atoms. The van der Waals surface area contributed by atoms with Gasteiger partial charge in [0.1, 0.15) is 5.75 Å². The van der Waals surface area contributed by atoms with Gasteiger partial charge in [-0.1, -0.05) is 5.16 Å². The van der Waals surface area contributed by atoms with Crippen molar-refractivity contribution in [1.82, 2.24) is 15.5 Å². The summed E-state index contributed by atoms with van der Waals surface area (Å²) in [5.41, 5.74) is 3.18. The summed E-state index contributed by atoms with van der Waals surface area (Å²) in [5, 5.41) is 7.54. The summed E-state index contributed by atoms with van der Waals surface area (Å²) in [5.74, 6) is 2.69. The zero-order valence-corrected chi connectivity index (χ0v) is 13.5. The lowest BCUT2D eigenvalue weighted by Crippen LogP contribution is -2.28. The first-order valence-corrected chi connectivity index (χ1v) is 7.97. The van der Waals surface area contributed by atoms with E-state index in [1.54, 1.807) is 0 Å². The van der Waals surface area contributed by atoms with Gasteiger partial charge in [-0.05, 0) is 63.4 Å². The average molecular weight is 301 g/mol. The number of piperidine rings is 1. The smallest absolute Gasteiger partial charge is 0.231 e. The standard InChI is InChI=1S/C17H23N3O2/c1-4-21-15-11(2)8-14(9-12(15)3)16-19-17(22-20-16)13-6-5-7-18-10-13/h8-9,13,18H,4-7,10H2,1-3H3/t13-/m0/s1. The van der Waals surface area contributed by atoms with Gasteiger partial charge in [-0.25, -0.2) is 0 Å². The van der Waals surface area contributed by atoms with Gasteiger partial charge < -0.3 is 14.6 Å². The molecule has 1 aromatic heterocycles. The Morgan fingerprint density at radius 1 is 1.32 bits per heavy atom. The molecule has 5 nitrogen and oxygen atoms in total. The highest BCUT2D eigenvalue weighted by Gasteiger charge is 2.22. The van der Waals surface area contributed by atoms with Gasteiger partial charge in [0, 0.05) is 12.1 Å². The van der Waals surface area contributed by atoms with Gasteiger partial charge in [0.05, 0.1) is 12.5 Å². The third kappa shape index (κ3) is 2.99. The number of hydrogen-bond donors (Lipinski definition) is 1. The molecule has 3 rings (SSSR count). The van der Waals surface area contributed by atoms with Gasteiger partial charge >= 0.3 is 0 Å². The Labute approximate surface area is 131 Å². The number of nitrogens with one attached hydrogen (secondary N) is 1. The highest BCUT2D eigenvalue weighted by molar-refractivity contribution is 5.61. The fourth-order valence-corrected chi connectivity index (χ4v) is 3.03. The van der Waals surface area contributed by atoms with Crippen molar-refractivity contribution in [3.63, 3.8) is 0 Å². The Bertz CT molecular complexity index is 622. The number of aryl methyl sites for hydroxylation is 2. The molecule has 0 aliphatic carbocycles. The van der Waals surface area contributed by atoms with Crippen molar-refractivity contribution in [3.8, 4) is 17.1 Å². The number of nitrogens with zero attached hydrogens (tertiary/aromatic N) is 2. The second-order valence-electron chi connectivity index (χ2n) is 5.87. The van der Waals surface area contributed by atoms with Gasteiger partial charge in [0.25, 0.3) is 0 Å². The minimum absolute atomic E-state index is 0.333. The minimum atomic E-state index is 0.333. The Kier molecular flexibility index (Phi) is 4.43. The van der Waals surface area contributed by atoms with Crippen molar-refractivity contribution in [1.29, 1.82) is 0 Å². The molecule has 1 aliphatic rings. The summed E-state index contributed by atoms with van der Waals surface area (Å²) >= 11 is 0. The van der Waals surface area contributed by atoms with Crippen LogP contribution in [-0.4, -0.2) is 29.8 Å². The Balaban J connectivity index is 1.86. The maximum atomic E-state index is 5.69.